The first-order chi connectivity index (χ1) is 13.3. The minimum absolute atomic E-state index is 0.0327. The summed E-state index contributed by atoms with van der Waals surface area (Å²) in [6, 6.07) is 15.4. The number of Topliss-reactive ketones (excluding diaryl/α,β-unsaturated/α-hetero) is 2. The minimum atomic E-state index is -2.46. The van der Waals surface area contributed by atoms with Crippen molar-refractivity contribution >= 4 is 42.3 Å². The van der Waals surface area contributed by atoms with Crippen LogP contribution in [-0.2, 0) is 4.79 Å². The van der Waals surface area contributed by atoms with Crippen LogP contribution in [0.3, 0.4) is 0 Å². The monoisotopic (exact) mass is 428 g/mol. The molecule has 28 heavy (non-hydrogen) atoms. The van der Waals surface area contributed by atoms with E-state index in [2.05, 4.69) is 13.2 Å². The van der Waals surface area contributed by atoms with Gasteiger partial charge in [-0.3, -0.25) is 0 Å². The van der Waals surface area contributed by atoms with Crippen molar-refractivity contribution in [3.05, 3.63) is 94.7 Å². The number of carbonyl (C=O) groups is 3. The third-order valence-electron chi connectivity index (χ3n) is 4.55. The van der Waals surface area contributed by atoms with Crippen LogP contribution in [0.15, 0.2) is 83.5 Å². The van der Waals surface area contributed by atoms with Gasteiger partial charge in [0.05, 0.1) is 0 Å². The molecule has 1 radical (unpaired) electrons. The average molecular weight is 429 g/mol. The molecule has 2 rings (SSSR count). The normalized spacial score (nSPS) is 10.8. The van der Waals surface area contributed by atoms with Gasteiger partial charge in [0.2, 0.25) is 0 Å². The molecular weight excluding hydrogens is 406 g/mol. The van der Waals surface area contributed by atoms with E-state index in [1.807, 2.05) is 60.7 Å². The summed E-state index contributed by atoms with van der Waals surface area (Å²) in [5.41, 5.74) is 2.09. The van der Waals surface area contributed by atoms with Crippen molar-refractivity contribution in [2.45, 2.75) is 20.3 Å². The molecule has 0 aliphatic rings. The Kier molecular flexibility index (Phi) is 7.73. The van der Waals surface area contributed by atoms with Crippen LogP contribution in [0.5, 0.6) is 0 Å². The zero-order chi connectivity index (χ0) is 20.7. The van der Waals surface area contributed by atoms with Gasteiger partial charge in [-0.2, -0.15) is 0 Å². The fourth-order valence-electron chi connectivity index (χ4n) is 2.94. The predicted octanol–water partition coefficient (Wildman–Crippen LogP) is 3.50. The number of rotatable bonds is 9. The molecule has 0 saturated heterocycles. The Labute approximate surface area is 171 Å². The molecule has 0 N–H and O–H groups in total. The van der Waals surface area contributed by atoms with E-state index in [1.165, 1.54) is 8.24 Å². The molecule has 0 spiro atoms. The standard InChI is InChI=1S/2C8H7O.C8H9O.Ga/c2*1-7(9)8-5-3-2-4-6-8;1-3-4-5-8(2)6-7-9;/h2*3-6H,1H3;4-5,7H,1-2,6H2;/q;;;-1/b;;5-4-;. The van der Waals surface area contributed by atoms with Gasteiger partial charge in [-0.1, -0.05) is 0 Å². The number of aldehydes is 1. The van der Waals surface area contributed by atoms with Gasteiger partial charge in [0.1, 0.15) is 0 Å². The quantitative estimate of drug-likeness (QED) is 0.266. The maximum absolute atomic E-state index is 11.6. The second-order valence-corrected chi connectivity index (χ2v) is 12.9. The summed E-state index contributed by atoms with van der Waals surface area (Å²) < 4.78 is 3.35. The number of ketones is 2. The Hall–Kier alpha value is -2.69. The number of hydrogen-bond donors (Lipinski definition) is 0. The van der Waals surface area contributed by atoms with Crippen molar-refractivity contribution in [2.24, 2.45) is 0 Å². The molecular formula is C24H23GaO3-. The Morgan fingerprint density at radius 1 is 0.821 bits per heavy atom. The average Bonchev–Trinajstić information content (AvgIpc) is 2.67. The van der Waals surface area contributed by atoms with E-state index >= 15 is 0 Å². The van der Waals surface area contributed by atoms with Gasteiger partial charge in [0.25, 0.3) is 0 Å². The zero-order valence-electron chi connectivity index (χ0n) is 16.3. The molecule has 3 nitrogen and oxygen atoms in total. The van der Waals surface area contributed by atoms with Gasteiger partial charge in [0.15, 0.2) is 0 Å². The van der Waals surface area contributed by atoms with Crippen molar-refractivity contribution < 1.29 is 14.4 Å². The van der Waals surface area contributed by atoms with E-state index in [9.17, 15) is 14.4 Å². The van der Waals surface area contributed by atoms with Crippen LogP contribution >= 0.6 is 0 Å². The topological polar surface area (TPSA) is 51.2 Å². The molecule has 0 fully saturated rings. The Balaban J connectivity index is 2.43. The van der Waals surface area contributed by atoms with E-state index in [4.69, 9.17) is 0 Å². The molecule has 0 saturated carbocycles. The fourth-order valence-corrected chi connectivity index (χ4v) is 8.57. The van der Waals surface area contributed by atoms with Crippen molar-refractivity contribution in [3.63, 3.8) is 0 Å². The van der Waals surface area contributed by atoms with E-state index in [1.54, 1.807) is 13.8 Å². The van der Waals surface area contributed by atoms with E-state index < -0.39 is 16.2 Å². The van der Waals surface area contributed by atoms with Crippen LogP contribution < -0.4 is 8.24 Å². The Morgan fingerprint density at radius 3 is 1.61 bits per heavy atom. The van der Waals surface area contributed by atoms with Crippen LogP contribution in [0.1, 0.15) is 41.0 Å². The Bertz CT molecular complexity index is 877. The molecule has 2 aromatic rings. The van der Waals surface area contributed by atoms with Gasteiger partial charge in [-0.15, -0.1) is 0 Å². The number of hydrogen-bond acceptors (Lipinski definition) is 3. The molecule has 0 aliphatic heterocycles. The predicted molar refractivity (Wildman–Crippen MR) is 116 cm³/mol. The molecule has 141 valence electrons. The van der Waals surface area contributed by atoms with Gasteiger partial charge in [0, 0.05) is 0 Å². The van der Waals surface area contributed by atoms with Gasteiger partial charge < -0.3 is 0 Å². The van der Waals surface area contributed by atoms with Crippen molar-refractivity contribution in [1.82, 2.24) is 0 Å². The zero-order valence-corrected chi connectivity index (χ0v) is 18.7. The van der Waals surface area contributed by atoms with Crippen LogP contribution in [0.2, 0.25) is 0 Å². The van der Waals surface area contributed by atoms with Crippen LogP contribution in [0.4, 0.5) is 0 Å². The van der Waals surface area contributed by atoms with Gasteiger partial charge in [-0.25, -0.2) is 0 Å². The van der Waals surface area contributed by atoms with Gasteiger partial charge >= 0.3 is 172 Å². The van der Waals surface area contributed by atoms with Crippen LogP contribution in [-0.4, -0.2) is 34.1 Å². The molecule has 2 aromatic carbocycles. The second-order valence-electron chi connectivity index (χ2n) is 6.73. The molecule has 0 heterocycles. The number of carbonyl (C=O) groups excluding carboxylic acids is 3. The van der Waals surface area contributed by atoms with Crippen molar-refractivity contribution in [3.8, 4) is 0 Å². The fraction of sp³-hybridized carbons (Fsp3) is 0.125. The SMILES string of the molecule is C=C(/C=C\[C](=C)[Ga-]([c]1ccc(C(C)=O)cc1)[c]1ccc(C(C)=O)cc1)CC=O. The van der Waals surface area contributed by atoms with Crippen molar-refractivity contribution in [2.75, 3.05) is 0 Å². The summed E-state index contributed by atoms with van der Waals surface area (Å²) >= 11 is -2.46. The molecule has 0 atom stereocenters. The van der Waals surface area contributed by atoms with E-state index in [0.29, 0.717) is 17.5 Å². The molecule has 0 aromatic heterocycles. The molecule has 0 amide bonds. The van der Waals surface area contributed by atoms with Gasteiger partial charge in [-0.05, 0) is 0 Å². The van der Waals surface area contributed by atoms with Crippen LogP contribution in [0, 0.1) is 0 Å². The first kappa shape index (κ1) is 21.6. The first-order valence-electron chi connectivity index (χ1n) is 9.03. The number of allylic oxidation sites excluding steroid dienone is 4. The third kappa shape index (κ3) is 5.65. The summed E-state index contributed by atoms with van der Waals surface area (Å²) in [4.78, 5) is 33.8. The summed E-state index contributed by atoms with van der Waals surface area (Å²) in [5, 5.41) is 0. The van der Waals surface area contributed by atoms with E-state index in [-0.39, 0.29) is 11.6 Å². The number of benzene rings is 2. The summed E-state index contributed by atoms with van der Waals surface area (Å²) in [5.74, 6) is 0.0654. The Morgan fingerprint density at radius 2 is 1.25 bits per heavy atom. The van der Waals surface area contributed by atoms with Crippen molar-refractivity contribution in [1.29, 1.82) is 0 Å². The molecule has 0 unspecified atom stereocenters. The maximum atomic E-state index is 11.6. The molecule has 0 bridgehead atoms. The third-order valence-corrected chi connectivity index (χ3v) is 10.9. The second kappa shape index (κ2) is 10.0. The summed E-state index contributed by atoms with van der Waals surface area (Å²) in [7, 11) is 0. The molecule has 4 heteroatoms. The van der Waals surface area contributed by atoms with E-state index in [0.717, 1.165) is 16.0 Å². The first-order valence-corrected chi connectivity index (χ1v) is 12.7. The molecule has 0 aliphatic carbocycles. The van der Waals surface area contributed by atoms with Crippen LogP contribution in [0.25, 0.3) is 0 Å². The summed E-state index contributed by atoms with van der Waals surface area (Å²) in [6.07, 6.45) is 4.90. The summed E-state index contributed by atoms with van der Waals surface area (Å²) in [6.45, 7) is 11.3.